The van der Waals surface area contributed by atoms with Crippen molar-refractivity contribution in [3.8, 4) is 0 Å². The third-order valence-electron chi connectivity index (χ3n) is 3.14. The lowest BCUT2D eigenvalue weighted by Gasteiger charge is -2.10. The van der Waals surface area contributed by atoms with Gasteiger partial charge in [-0.15, -0.1) is 0 Å². The first-order valence-corrected chi connectivity index (χ1v) is 8.06. The molecule has 0 bridgehead atoms. The summed E-state index contributed by atoms with van der Waals surface area (Å²) in [6.45, 7) is 4.59. The summed E-state index contributed by atoms with van der Waals surface area (Å²) in [4.78, 5) is 10.9. The molecule has 0 aliphatic carbocycles. The molecule has 0 aliphatic rings. The van der Waals surface area contributed by atoms with Crippen molar-refractivity contribution in [2.45, 2.75) is 83.3 Å². The van der Waals surface area contributed by atoms with Crippen molar-refractivity contribution in [2.75, 3.05) is 6.61 Å². The molecule has 0 fully saturated rings. The van der Waals surface area contributed by atoms with Crippen LogP contribution in [0.15, 0.2) is 0 Å². The fourth-order valence-electron chi connectivity index (χ4n) is 1.89. The van der Waals surface area contributed by atoms with E-state index in [-0.39, 0.29) is 5.97 Å². The molecule has 0 N–H and O–H groups in total. The second-order valence-electron chi connectivity index (χ2n) is 4.93. The Morgan fingerprint density at radius 1 is 1.00 bits per heavy atom. The van der Waals surface area contributed by atoms with Gasteiger partial charge >= 0.3 is 5.97 Å². The molecule has 0 rings (SSSR count). The quantitative estimate of drug-likeness (QED) is 0.315. The van der Waals surface area contributed by atoms with E-state index in [1.54, 1.807) is 0 Å². The number of hydrogen-bond donors (Lipinski definition) is 1. The molecule has 1 atom stereocenters. The van der Waals surface area contributed by atoms with Gasteiger partial charge in [0.2, 0.25) is 0 Å². The number of esters is 1. The van der Waals surface area contributed by atoms with Crippen molar-refractivity contribution < 1.29 is 9.53 Å². The van der Waals surface area contributed by atoms with Crippen LogP contribution in [-0.2, 0) is 9.53 Å². The maximum atomic E-state index is 10.9. The predicted molar refractivity (Wildman–Crippen MR) is 81.3 cm³/mol. The summed E-state index contributed by atoms with van der Waals surface area (Å²) in [5.41, 5.74) is 0. The van der Waals surface area contributed by atoms with Crippen LogP contribution >= 0.6 is 12.6 Å². The number of carbonyl (C=O) groups excluding carboxylic acids is 1. The minimum atomic E-state index is -0.105. The molecule has 108 valence electrons. The third-order valence-corrected chi connectivity index (χ3v) is 3.66. The Balaban J connectivity index is 3.21. The van der Waals surface area contributed by atoms with Gasteiger partial charge in [-0.25, -0.2) is 0 Å². The Labute approximate surface area is 118 Å². The summed E-state index contributed by atoms with van der Waals surface area (Å²) >= 11 is 4.53. The van der Waals surface area contributed by atoms with Gasteiger partial charge in [0.05, 0.1) is 6.61 Å². The SMILES string of the molecule is CCCCCCCCCC(S)CCOC(=O)CC. The monoisotopic (exact) mass is 274 g/mol. The van der Waals surface area contributed by atoms with E-state index in [9.17, 15) is 4.79 Å². The highest BCUT2D eigenvalue weighted by molar-refractivity contribution is 7.80. The fraction of sp³-hybridized carbons (Fsp3) is 0.933. The minimum absolute atomic E-state index is 0.105. The predicted octanol–water partition coefficient (Wildman–Crippen LogP) is 4.77. The zero-order chi connectivity index (χ0) is 13.6. The van der Waals surface area contributed by atoms with E-state index in [1.165, 1.54) is 44.9 Å². The topological polar surface area (TPSA) is 26.3 Å². The molecule has 2 nitrogen and oxygen atoms in total. The molecule has 18 heavy (non-hydrogen) atoms. The van der Waals surface area contributed by atoms with Gasteiger partial charge in [0.25, 0.3) is 0 Å². The molecule has 0 aromatic rings. The highest BCUT2D eigenvalue weighted by atomic mass is 32.1. The van der Waals surface area contributed by atoms with E-state index in [2.05, 4.69) is 19.6 Å². The van der Waals surface area contributed by atoms with Crippen molar-refractivity contribution in [3.05, 3.63) is 0 Å². The molecule has 0 spiro atoms. The summed E-state index contributed by atoms with van der Waals surface area (Å²) in [5.74, 6) is -0.105. The van der Waals surface area contributed by atoms with Gasteiger partial charge in [-0.3, -0.25) is 4.79 Å². The van der Waals surface area contributed by atoms with Gasteiger partial charge in [0.15, 0.2) is 0 Å². The van der Waals surface area contributed by atoms with Crippen LogP contribution in [0.2, 0.25) is 0 Å². The highest BCUT2D eigenvalue weighted by Gasteiger charge is 2.05. The van der Waals surface area contributed by atoms with Gasteiger partial charge in [-0.05, 0) is 12.8 Å². The average Bonchev–Trinajstić information content (AvgIpc) is 2.37. The summed E-state index contributed by atoms with van der Waals surface area (Å²) in [7, 11) is 0. The zero-order valence-corrected chi connectivity index (χ0v) is 13.0. The van der Waals surface area contributed by atoms with Crippen molar-refractivity contribution >= 4 is 18.6 Å². The standard InChI is InChI=1S/C15H30O2S/c1-3-5-6-7-8-9-10-11-14(18)12-13-17-15(16)4-2/h14,18H,3-13H2,1-2H3. The molecule has 0 aromatic carbocycles. The Morgan fingerprint density at radius 3 is 2.22 bits per heavy atom. The fourth-order valence-corrected chi connectivity index (χ4v) is 2.18. The Kier molecular flexibility index (Phi) is 13.1. The molecule has 0 saturated carbocycles. The molecule has 0 amide bonds. The van der Waals surface area contributed by atoms with Crippen molar-refractivity contribution in [1.29, 1.82) is 0 Å². The first kappa shape index (κ1) is 17.8. The van der Waals surface area contributed by atoms with Crippen LogP contribution in [0.3, 0.4) is 0 Å². The summed E-state index contributed by atoms with van der Waals surface area (Å²) in [6.07, 6.45) is 11.9. The van der Waals surface area contributed by atoms with Crippen LogP contribution in [0.4, 0.5) is 0 Å². The summed E-state index contributed by atoms with van der Waals surface area (Å²) in [5, 5.41) is 0.380. The highest BCUT2D eigenvalue weighted by Crippen LogP contribution is 2.14. The molecule has 0 heterocycles. The Hall–Kier alpha value is -0.180. The second kappa shape index (κ2) is 13.3. The van der Waals surface area contributed by atoms with E-state index in [0.29, 0.717) is 18.3 Å². The number of ether oxygens (including phenoxy) is 1. The van der Waals surface area contributed by atoms with Crippen LogP contribution in [0.1, 0.15) is 78.1 Å². The van der Waals surface area contributed by atoms with Gasteiger partial charge in [-0.2, -0.15) is 12.6 Å². The molecule has 3 heteroatoms. The van der Waals surface area contributed by atoms with E-state index in [1.807, 2.05) is 6.92 Å². The molecule has 0 saturated heterocycles. The zero-order valence-electron chi connectivity index (χ0n) is 12.1. The molecule has 1 unspecified atom stereocenters. The first-order chi connectivity index (χ1) is 8.70. The lowest BCUT2D eigenvalue weighted by Crippen LogP contribution is -2.09. The molecular formula is C15H30O2S. The van der Waals surface area contributed by atoms with Crippen LogP contribution in [-0.4, -0.2) is 17.8 Å². The Morgan fingerprint density at radius 2 is 1.61 bits per heavy atom. The minimum Gasteiger partial charge on any atom is -0.466 e. The van der Waals surface area contributed by atoms with E-state index < -0.39 is 0 Å². The normalized spacial score (nSPS) is 12.4. The van der Waals surface area contributed by atoms with Crippen molar-refractivity contribution in [1.82, 2.24) is 0 Å². The summed E-state index contributed by atoms with van der Waals surface area (Å²) < 4.78 is 5.05. The van der Waals surface area contributed by atoms with Gasteiger partial charge in [0.1, 0.15) is 0 Å². The van der Waals surface area contributed by atoms with E-state index >= 15 is 0 Å². The first-order valence-electron chi connectivity index (χ1n) is 7.54. The number of hydrogen-bond acceptors (Lipinski definition) is 3. The average molecular weight is 274 g/mol. The molecule has 0 aromatic heterocycles. The van der Waals surface area contributed by atoms with Crippen LogP contribution < -0.4 is 0 Å². The lowest BCUT2D eigenvalue weighted by molar-refractivity contribution is -0.143. The number of thiol groups is 1. The molecular weight excluding hydrogens is 244 g/mol. The van der Waals surface area contributed by atoms with Gasteiger partial charge in [-0.1, -0.05) is 58.8 Å². The second-order valence-corrected chi connectivity index (χ2v) is 5.66. The maximum absolute atomic E-state index is 10.9. The van der Waals surface area contributed by atoms with E-state index in [4.69, 9.17) is 4.74 Å². The van der Waals surface area contributed by atoms with Crippen molar-refractivity contribution in [3.63, 3.8) is 0 Å². The third kappa shape index (κ3) is 12.3. The number of rotatable bonds is 12. The van der Waals surface area contributed by atoms with Gasteiger partial charge in [0, 0.05) is 11.7 Å². The molecule has 0 radical (unpaired) electrons. The Bertz CT molecular complexity index is 195. The van der Waals surface area contributed by atoms with Crippen molar-refractivity contribution in [2.24, 2.45) is 0 Å². The van der Waals surface area contributed by atoms with Crippen LogP contribution in [0.5, 0.6) is 0 Å². The van der Waals surface area contributed by atoms with Crippen LogP contribution in [0.25, 0.3) is 0 Å². The van der Waals surface area contributed by atoms with Crippen LogP contribution in [0, 0.1) is 0 Å². The smallest absolute Gasteiger partial charge is 0.305 e. The summed E-state index contributed by atoms with van der Waals surface area (Å²) in [6, 6.07) is 0. The lowest BCUT2D eigenvalue weighted by atomic mass is 10.1. The number of unbranched alkanes of at least 4 members (excludes halogenated alkanes) is 6. The molecule has 0 aliphatic heterocycles. The maximum Gasteiger partial charge on any atom is 0.305 e. The van der Waals surface area contributed by atoms with Gasteiger partial charge < -0.3 is 4.74 Å². The largest absolute Gasteiger partial charge is 0.466 e. The van der Waals surface area contributed by atoms with E-state index in [0.717, 1.165) is 12.8 Å². The number of carbonyl (C=O) groups is 1.